The molecule has 1 fully saturated rings. The number of methoxy groups -OCH3 is 1. The number of aryl methyl sites for hydroxylation is 2. The molecule has 1 atom stereocenters. The molecule has 1 heterocycles. The van der Waals surface area contributed by atoms with Crippen molar-refractivity contribution in [3.63, 3.8) is 0 Å². The van der Waals surface area contributed by atoms with Crippen LogP contribution in [0, 0.1) is 13.8 Å². The minimum Gasteiger partial charge on any atom is -0.507 e. The second-order valence-corrected chi connectivity index (χ2v) is 8.15. The number of aliphatic hydroxyl groups is 1. The van der Waals surface area contributed by atoms with E-state index in [9.17, 15) is 19.5 Å². The maximum atomic E-state index is 13.1. The van der Waals surface area contributed by atoms with Gasteiger partial charge in [-0.3, -0.25) is 14.4 Å². The Morgan fingerprint density at radius 2 is 1.85 bits per heavy atom. The molecule has 3 rings (SSSR count). The van der Waals surface area contributed by atoms with Gasteiger partial charge in [0, 0.05) is 19.0 Å². The largest absolute Gasteiger partial charge is 0.507 e. The number of benzene rings is 2. The molecule has 1 amide bonds. The Morgan fingerprint density at radius 1 is 1.12 bits per heavy atom. The number of amides is 1. The molecule has 7 heteroatoms. The van der Waals surface area contributed by atoms with E-state index >= 15 is 0 Å². The van der Waals surface area contributed by atoms with Crippen molar-refractivity contribution < 1.29 is 29.0 Å². The number of rotatable bonds is 7. The summed E-state index contributed by atoms with van der Waals surface area (Å²) in [5.74, 6) is -1.14. The highest BCUT2D eigenvalue weighted by molar-refractivity contribution is 6.46. The number of nitrogens with zero attached hydrogens (tertiary/aromatic N) is 1. The number of carbonyl (C=O) groups is 3. The van der Waals surface area contributed by atoms with E-state index in [1.54, 1.807) is 50.4 Å². The van der Waals surface area contributed by atoms with E-state index in [0.717, 1.165) is 12.0 Å². The highest BCUT2D eigenvalue weighted by atomic mass is 16.5. The maximum absolute atomic E-state index is 13.1. The molecule has 7 nitrogen and oxygen atoms in total. The van der Waals surface area contributed by atoms with E-state index in [1.165, 1.54) is 11.8 Å². The first-order valence-electron chi connectivity index (χ1n) is 10.9. The second kappa shape index (κ2) is 9.90. The fourth-order valence-electron chi connectivity index (χ4n) is 4.11. The quantitative estimate of drug-likeness (QED) is 0.220. The van der Waals surface area contributed by atoms with Crippen LogP contribution in [0.4, 0.5) is 0 Å². The summed E-state index contributed by atoms with van der Waals surface area (Å²) in [7, 11) is 1.57. The van der Waals surface area contributed by atoms with Gasteiger partial charge in [-0.25, -0.2) is 0 Å². The van der Waals surface area contributed by atoms with E-state index < -0.39 is 23.7 Å². The molecule has 0 spiro atoms. The molecule has 1 N–H and O–H groups in total. The molecule has 174 valence electrons. The molecule has 0 saturated carbocycles. The highest BCUT2D eigenvalue weighted by Gasteiger charge is 2.46. The third kappa shape index (κ3) is 4.77. The van der Waals surface area contributed by atoms with Crippen molar-refractivity contribution in [3.8, 4) is 11.5 Å². The lowest BCUT2D eigenvalue weighted by molar-refractivity contribution is -0.139. The van der Waals surface area contributed by atoms with Crippen LogP contribution < -0.4 is 9.47 Å². The summed E-state index contributed by atoms with van der Waals surface area (Å²) in [6.45, 7) is 7.31. The van der Waals surface area contributed by atoms with Crippen LogP contribution in [-0.2, 0) is 14.4 Å². The van der Waals surface area contributed by atoms with Gasteiger partial charge in [-0.15, -0.1) is 0 Å². The summed E-state index contributed by atoms with van der Waals surface area (Å²) >= 11 is 0. The number of ketones is 1. The average molecular weight is 452 g/mol. The minimum atomic E-state index is -0.797. The number of unbranched alkanes of at least 4 members (excludes halogenated alkanes) is 1. The van der Waals surface area contributed by atoms with Gasteiger partial charge >= 0.3 is 5.97 Å². The SMILES string of the molecule is CCCCN1C(=O)C(=O)/C(=C(/O)c2cc(C)c(OC)cc2C)C1c1cccc(OC(C)=O)c1. The van der Waals surface area contributed by atoms with E-state index in [2.05, 4.69) is 0 Å². The van der Waals surface area contributed by atoms with Crippen LogP contribution in [0.15, 0.2) is 42.0 Å². The van der Waals surface area contributed by atoms with E-state index in [1.807, 2.05) is 13.8 Å². The predicted octanol–water partition coefficient (Wildman–Crippen LogP) is 4.46. The molecular weight excluding hydrogens is 422 g/mol. The molecule has 0 radical (unpaired) electrons. The molecule has 33 heavy (non-hydrogen) atoms. The number of likely N-dealkylation sites (tertiary alicyclic amines) is 1. The number of aliphatic hydroxyl groups excluding tert-OH is 1. The lowest BCUT2D eigenvalue weighted by Crippen LogP contribution is -2.30. The first-order chi connectivity index (χ1) is 15.7. The maximum Gasteiger partial charge on any atom is 0.308 e. The van der Waals surface area contributed by atoms with Crippen molar-refractivity contribution in [2.75, 3.05) is 13.7 Å². The van der Waals surface area contributed by atoms with Crippen LogP contribution in [0.3, 0.4) is 0 Å². The van der Waals surface area contributed by atoms with Gasteiger partial charge in [0.05, 0.1) is 18.7 Å². The molecule has 1 saturated heterocycles. The van der Waals surface area contributed by atoms with Gasteiger partial charge in [0.15, 0.2) is 0 Å². The normalized spacial score (nSPS) is 17.4. The zero-order valence-electron chi connectivity index (χ0n) is 19.6. The third-order valence-corrected chi connectivity index (χ3v) is 5.72. The topological polar surface area (TPSA) is 93.1 Å². The van der Waals surface area contributed by atoms with Crippen LogP contribution in [0.5, 0.6) is 11.5 Å². The van der Waals surface area contributed by atoms with Crippen LogP contribution in [0.25, 0.3) is 5.76 Å². The van der Waals surface area contributed by atoms with Crippen molar-refractivity contribution in [3.05, 3.63) is 64.2 Å². The minimum absolute atomic E-state index is 0.0174. The van der Waals surface area contributed by atoms with Gasteiger partial charge in [0.1, 0.15) is 17.3 Å². The summed E-state index contributed by atoms with van der Waals surface area (Å²) in [4.78, 5) is 39.0. The fraction of sp³-hybridized carbons (Fsp3) is 0.346. The Balaban J connectivity index is 2.21. The molecule has 0 bridgehead atoms. The molecular formula is C26H29NO6. The monoisotopic (exact) mass is 451 g/mol. The molecule has 2 aromatic rings. The number of hydrogen-bond donors (Lipinski definition) is 1. The van der Waals surface area contributed by atoms with Crippen LogP contribution in [0.2, 0.25) is 0 Å². The third-order valence-electron chi connectivity index (χ3n) is 5.72. The van der Waals surface area contributed by atoms with Crippen molar-refractivity contribution in [2.45, 2.75) is 46.6 Å². The van der Waals surface area contributed by atoms with Gasteiger partial charge in [-0.05, 0) is 61.2 Å². The number of esters is 1. The summed E-state index contributed by atoms with van der Waals surface area (Å²) in [5.41, 5.74) is 2.56. The smallest absolute Gasteiger partial charge is 0.308 e. The van der Waals surface area contributed by atoms with Crippen molar-refractivity contribution in [1.29, 1.82) is 0 Å². The Kier molecular flexibility index (Phi) is 7.21. The Labute approximate surface area is 193 Å². The van der Waals surface area contributed by atoms with Gasteiger partial charge in [-0.2, -0.15) is 0 Å². The first-order valence-corrected chi connectivity index (χ1v) is 10.9. The highest BCUT2D eigenvalue weighted by Crippen LogP contribution is 2.41. The number of ether oxygens (including phenoxy) is 2. The standard InChI is InChI=1S/C26H29NO6/c1-6-7-11-27-23(18-9-8-10-19(14-18)33-17(4)28)22(25(30)26(27)31)24(29)20-12-16(3)21(32-5)13-15(20)2/h8-10,12-14,23,29H,6-7,11H2,1-5H3/b24-22+. The van der Waals surface area contributed by atoms with Crippen LogP contribution >= 0.6 is 0 Å². The summed E-state index contributed by atoms with van der Waals surface area (Å²) < 4.78 is 10.6. The van der Waals surface area contributed by atoms with Gasteiger partial charge in [0.2, 0.25) is 0 Å². The zero-order valence-corrected chi connectivity index (χ0v) is 19.6. The molecule has 1 unspecified atom stereocenters. The number of carbonyl (C=O) groups excluding carboxylic acids is 3. The Bertz CT molecular complexity index is 1130. The van der Waals surface area contributed by atoms with Crippen LogP contribution in [0.1, 0.15) is 55.0 Å². The average Bonchev–Trinajstić information content (AvgIpc) is 3.03. The molecule has 0 aromatic heterocycles. The Hall–Kier alpha value is -3.61. The van der Waals surface area contributed by atoms with E-state index in [4.69, 9.17) is 9.47 Å². The summed E-state index contributed by atoms with van der Waals surface area (Å²) in [6.07, 6.45) is 1.54. The molecule has 0 aliphatic carbocycles. The van der Waals surface area contributed by atoms with Gasteiger partial charge < -0.3 is 19.5 Å². The summed E-state index contributed by atoms with van der Waals surface area (Å²) in [6, 6.07) is 9.42. The predicted molar refractivity (Wildman–Crippen MR) is 124 cm³/mol. The van der Waals surface area contributed by atoms with Gasteiger partial charge in [0.25, 0.3) is 11.7 Å². The zero-order chi connectivity index (χ0) is 24.3. The Morgan fingerprint density at radius 3 is 2.48 bits per heavy atom. The van der Waals surface area contributed by atoms with Gasteiger partial charge in [-0.1, -0.05) is 25.5 Å². The number of Topliss-reactive ketones (excluding diaryl/α,β-unsaturated/α-hetero) is 1. The summed E-state index contributed by atoms with van der Waals surface area (Å²) in [5, 5.41) is 11.3. The van der Waals surface area contributed by atoms with E-state index in [0.29, 0.717) is 41.2 Å². The van der Waals surface area contributed by atoms with Crippen LogP contribution in [-0.4, -0.2) is 41.3 Å². The first kappa shape index (κ1) is 24.0. The molecule has 2 aromatic carbocycles. The fourth-order valence-corrected chi connectivity index (χ4v) is 4.11. The molecule has 1 aliphatic rings. The van der Waals surface area contributed by atoms with Crippen molar-refractivity contribution >= 4 is 23.4 Å². The lowest BCUT2D eigenvalue weighted by atomic mass is 9.93. The number of hydrogen-bond acceptors (Lipinski definition) is 6. The lowest BCUT2D eigenvalue weighted by Gasteiger charge is -2.25. The molecule has 1 aliphatic heterocycles. The second-order valence-electron chi connectivity index (χ2n) is 8.15. The van der Waals surface area contributed by atoms with Crippen molar-refractivity contribution in [2.24, 2.45) is 0 Å². The van der Waals surface area contributed by atoms with E-state index in [-0.39, 0.29) is 11.3 Å². The van der Waals surface area contributed by atoms with Crippen molar-refractivity contribution in [1.82, 2.24) is 4.90 Å².